The second kappa shape index (κ2) is 5.52. The largest absolute Gasteiger partial charge is 0.438 e. The number of rotatable bonds is 3. The molecule has 0 unspecified atom stereocenters. The Bertz CT molecular complexity index is 406. The summed E-state index contributed by atoms with van der Waals surface area (Å²) in [4.78, 5) is 15.7. The highest BCUT2D eigenvalue weighted by molar-refractivity contribution is 5.92. The third-order valence-corrected chi connectivity index (χ3v) is 3.56. The number of oxazole rings is 1. The van der Waals surface area contributed by atoms with Crippen molar-refractivity contribution in [2.75, 3.05) is 6.54 Å². The van der Waals surface area contributed by atoms with Gasteiger partial charge in [0.2, 0.25) is 5.76 Å². The van der Waals surface area contributed by atoms with Gasteiger partial charge in [0.05, 0.1) is 11.3 Å². The molecule has 0 radical (unpaired) electrons. The van der Waals surface area contributed by atoms with E-state index in [1.54, 1.807) is 6.92 Å². The van der Waals surface area contributed by atoms with Crippen molar-refractivity contribution in [3.8, 4) is 0 Å². The lowest BCUT2D eigenvalue weighted by molar-refractivity contribution is 0.0243. The van der Waals surface area contributed by atoms with E-state index in [4.69, 9.17) is 4.42 Å². The van der Waals surface area contributed by atoms with Crippen molar-refractivity contribution in [2.45, 2.75) is 51.0 Å². The van der Waals surface area contributed by atoms with Crippen molar-refractivity contribution in [3.63, 3.8) is 0 Å². The summed E-state index contributed by atoms with van der Waals surface area (Å²) in [5.41, 5.74) is -0.194. The highest BCUT2D eigenvalue weighted by atomic mass is 16.3. The van der Waals surface area contributed by atoms with E-state index >= 15 is 0 Å². The molecule has 0 atom stereocenters. The summed E-state index contributed by atoms with van der Waals surface area (Å²) in [7, 11) is 0. The van der Waals surface area contributed by atoms with Gasteiger partial charge in [-0.25, -0.2) is 4.98 Å². The molecule has 2 N–H and O–H groups in total. The average Bonchev–Trinajstić information content (AvgIpc) is 2.65. The van der Waals surface area contributed by atoms with Crippen LogP contribution >= 0.6 is 0 Å². The number of nitrogens with one attached hydrogen (secondary N) is 1. The Morgan fingerprint density at radius 3 is 2.67 bits per heavy atom. The van der Waals surface area contributed by atoms with Gasteiger partial charge in [-0.05, 0) is 19.8 Å². The number of aromatic nitrogens is 1. The Kier molecular flexibility index (Phi) is 4.01. The summed E-state index contributed by atoms with van der Waals surface area (Å²) in [6, 6.07) is 0. The second-order valence-electron chi connectivity index (χ2n) is 5.09. The topological polar surface area (TPSA) is 75.4 Å². The minimum absolute atomic E-state index is 0.229. The SMILES string of the molecule is Cc1ncoc1C(=O)NCC1(O)CCCCCC1. The zero-order valence-electron chi connectivity index (χ0n) is 10.7. The van der Waals surface area contributed by atoms with Gasteiger partial charge in [-0.15, -0.1) is 0 Å². The summed E-state index contributed by atoms with van der Waals surface area (Å²) in [6.07, 6.45) is 7.13. The molecule has 18 heavy (non-hydrogen) atoms. The minimum Gasteiger partial charge on any atom is -0.438 e. The van der Waals surface area contributed by atoms with Crippen molar-refractivity contribution in [3.05, 3.63) is 17.8 Å². The van der Waals surface area contributed by atoms with Gasteiger partial charge in [-0.3, -0.25) is 4.79 Å². The Balaban J connectivity index is 1.90. The van der Waals surface area contributed by atoms with Crippen LogP contribution in [0.5, 0.6) is 0 Å². The van der Waals surface area contributed by atoms with Gasteiger partial charge in [0, 0.05) is 6.54 Å². The van der Waals surface area contributed by atoms with Crippen LogP contribution in [0.2, 0.25) is 0 Å². The van der Waals surface area contributed by atoms with Gasteiger partial charge < -0.3 is 14.8 Å². The molecule has 1 amide bonds. The van der Waals surface area contributed by atoms with Crippen LogP contribution in [0, 0.1) is 6.92 Å². The Morgan fingerprint density at radius 2 is 2.11 bits per heavy atom. The smallest absolute Gasteiger partial charge is 0.289 e. The van der Waals surface area contributed by atoms with Gasteiger partial charge >= 0.3 is 0 Å². The first-order valence-corrected chi connectivity index (χ1v) is 6.51. The molecule has 1 aliphatic carbocycles. The van der Waals surface area contributed by atoms with Crippen LogP contribution in [0.4, 0.5) is 0 Å². The van der Waals surface area contributed by atoms with E-state index in [0.717, 1.165) is 38.5 Å². The van der Waals surface area contributed by atoms with Gasteiger partial charge in [-0.2, -0.15) is 0 Å². The van der Waals surface area contributed by atoms with Crippen molar-refractivity contribution in [1.82, 2.24) is 10.3 Å². The Hall–Kier alpha value is -1.36. The summed E-state index contributed by atoms with van der Waals surface area (Å²) in [6.45, 7) is 2.00. The number of amides is 1. The molecular formula is C13H20N2O3. The third-order valence-electron chi connectivity index (χ3n) is 3.56. The molecular weight excluding hydrogens is 232 g/mol. The molecule has 0 spiro atoms. The van der Waals surface area contributed by atoms with Crippen molar-refractivity contribution in [2.24, 2.45) is 0 Å². The first kappa shape index (κ1) is 13.1. The van der Waals surface area contributed by atoms with Gasteiger partial charge in [0.1, 0.15) is 0 Å². The first-order chi connectivity index (χ1) is 8.61. The molecule has 100 valence electrons. The Labute approximate surface area is 107 Å². The van der Waals surface area contributed by atoms with Crippen LogP contribution < -0.4 is 5.32 Å². The van der Waals surface area contributed by atoms with Crippen LogP contribution in [0.25, 0.3) is 0 Å². The lowest BCUT2D eigenvalue weighted by Crippen LogP contribution is -2.42. The first-order valence-electron chi connectivity index (χ1n) is 6.51. The van der Waals surface area contributed by atoms with Gasteiger partial charge in [0.15, 0.2) is 6.39 Å². The average molecular weight is 252 g/mol. The zero-order chi connectivity index (χ0) is 13.0. The predicted octanol–water partition coefficient (Wildman–Crippen LogP) is 1.80. The van der Waals surface area contributed by atoms with Crippen molar-refractivity contribution >= 4 is 5.91 Å². The molecule has 1 heterocycles. The van der Waals surface area contributed by atoms with E-state index in [1.165, 1.54) is 6.39 Å². The number of hydrogen-bond acceptors (Lipinski definition) is 4. The van der Waals surface area contributed by atoms with E-state index in [2.05, 4.69) is 10.3 Å². The molecule has 1 aromatic heterocycles. The van der Waals surface area contributed by atoms with E-state index in [9.17, 15) is 9.90 Å². The molecule has 5 heteroatoms. The summed E-state index contributed by atoms with van der Waals surface area (Å²) in [5.74, 6) is -0.0742. The van der Waals surface area contributed by atoms with Gasteiger partial charge in [0.25, 0.3) is 5.91 Å². The molecule has 1 fully saturated rings. The highest BCUT2D eigenvalue weighted by Crippen LogP contribution is 2.26. The lowest BCUT2D eigenvalue weighted by atomic mass is 9.94. The number of hydrogen-bond donors (Lipinski definition) is 2. The molecule has 1 aromatic rings. The van der Waals surface area contributed by atoms with Crippen molar-refractivity contribution in [1.29, 1.82) is 0 Å². The van der Waals surface area contributed by atoms with E-state index in [0.29, 0.717) is 5.69 Å². The molecule has 0 aromatic carbocycles. The normalized spacial score (nSPS) is 19.2. The third kappa shape index (κ3) is 3.10. The fraction of sp³-hybridized carbons (Fsp3) is 0.692. The summed E-state index contributed by atoms with van der Waals surface area (Å²) in [5, 5.41) is 13.1. The maximum Gasteiger partial charge on any atom is 0.289 e. The highest BCUT2D eigenvalue weighted by Gasteiger charge is 2.29. The van der Waals surface area contributed by atoms with Crippen LogP contribution in [0.15, 0.2) is 10.8 Å². The molecule has 0 aliphatic heterocycles. The molecule has 1 saturated carbocycles. The van der Waals surface area contributed by atoms with Crippen LogP contribution in [-0.4, -0.2) is 28.1 Å². The lowest BCUT2D eigenvalue weighted by Gasteiger charge is -2.26. The predicted molar refractivity (Wildman–Crippen MR) is 66.2 cm³/mol. The van der Waals surface area contributed by atoms with Crippen LogP contribution in [0.1, 0.15) is 54.8 Å². The number of nitrogens with zero attached hydrogens (tertiary/aromatic N) is 1. The summed E-state index contributed by atoms with van der Waals surface area (Å²) < 4.78 is 5.02. The number of aryl methyl sites for hydroxylation is 1. The molecule has 2 rings (SSSR count). The van der Waals surface area contributed by atoms with E-state index in [-0.39, 0.29) is 18.2 Å². The standard InChI is InChI=1S/C13H20N2O3/c1-10-11(18-9-15-10)12(16)14-8-13(17)6-4-2-3-5-7-13/h9,17H,2-8H2,1H3,(H,14,16). The van der Waals surface area contributed by atoms with Crippen LogP contribution in [-0.2, 0) is 0 Å². The molecule has 0 saturated heterocycles. The number of carbonyl (C=O) groups is 1. The monoisotopic (exact) mass is 252 g/mol. The van der Waals surface area contributed by atoms with E-state index in [1.807, 2.05) is 0 Å². The number of aliphatic hydroxyl groups is 1. The fourth-order valence-corrected chi connectivity index (χ4v) is 2.41. The molecule has 0 bridgehead atoms. The zero-order valence-corrected chi connectivity index (χ0v) is 10.7. The molecule has 5 nitrogen and oxygen atoms in total. The summed E-state index contributed by atoms with van der Waals surface area (Å²) >= 11 is 0. The Morgan fingerprint density at radius 1 is 1.44 bits per heavy atom. The quantitative estimate of drug-likeness (QED) is 0.804. The fourth-order valence-electron chi connectivity index (χ4n) is 2.41. The maximum absolute atomic E-state index is 11.8. The van der Waals surface area contributed by atoms with E-state index < -0.39 is 5.60 Å². The number of carbonyl (C=O) groups excluding carboxylic acids is 1. The maximum atomic E-state index is 11.8. The van der Waals surface area contributed by atoms with Crippen LogP contribution in [0.3, 0.4) is 0 Å². The second-order valence-corrected chi connectivity index (χ2v) is 5.09. The molecule has 1 aliphatic rings. The van der Waals surface area contributed by atoms with Crippen molar-refractivity contribution < 1.29 is 14.3 Å². The van der Waals surface area contributed by atoms with Gasteiger partial charge in [-0.1, -0.05) is 25.7 Å². The minimum atomic E-state index is -0.764.